The molecule has 0 aliphatic heterocycles. The van der Waals surface area contributed by atoms with E-state index < -0.39 is 15.6 Å². The van der Waals surface area contributed by atoms with Gasteiger partial charge in [0.1, 0.15) is 0 Å². The maximum absolute atomic E-state index is 12.4. The number of hydrogen-bond donors (Lipinski definition) is 3. The van der Waals surface area contributed by atoms with Crippen LogP contribution in [0.25, 0.3) is 0 Å². The van der Waals surface area contributed by atoms with Crippen LogP contribution < -0.4 is 15.8 Å². The van der Waals surface area contributed by atoms with Crippen LogP contribution in [0.15, 0.2) is 29.2 Å². The van der Waals surface area contributed by atoms with Gasteiger partial charge in [0.15, 0.2) is 0 Å². The maximum atomic E-state index is 12.4. The number of sulfonamides is 1. The summed E-state index contributed by atoms with van der Waals surface area (Å²) < 4.78 is 26.8. The molecule has 126 valence electrons. The van der Waals surface area contributed by atoms with Crippen molar-refractivity contribution in [2.45, 2.75) is 49.1 Å². The van der Waals surface area contributed by atoms with E-state index in [4.69, 9.17) is 5.73 Å². The highest BCUT2D eigenvalue weighted by atomic mass is 32.2. The summed E-state index contributed by atoms with van der Waals surface area (Å²) in [5, 5.41) is 2.99. The fraction of sp³-hybridized carbons (Fsp3) is 0.562. The van der Waals surface area contributed by atoms with Crippen LogP contribution in [-0.4, -0.2) is 32.5 Å². The Morgan fingerprint density at radius 3 is 2.30 bits per heavy atom. The highest BCUT2D eigenvalue weighted by molar-refractivity contribution is 7.89. The van der Waals surface area contributed by atoms with E-state index >= 15 is 0 Å². The Morgan fingerprint density at radius 2 is 1.83 bits per heavy atom. The molecule has 7 heteroatoms. The van der Waals surface area contributed by atoms with Crippen LogP contribution in [0, 0.1) is 5.92 Å². The van der Waals surface area contributed by atoms with Crippen LogP contribution in [0.2, 0.25) is 0 Å². The van der Waals surface area contributed by atoms with Crippen molar-refractivity contribution in [3.05, 3.63) is 29.8 Å². The lowest BCUT2D eigenvalue weighted by Gasteiger charge is -2.29. The summed E-state index contributed by atoms with van der Waals surface area (Å²) in [5.41, 5.74) is 5.85. The van der Waals surface area contributed by atoms with Gasteiger partial charge in [0.25, 0.3) is 5.91 Å². The number of amides is 1. The van der Waals surface area contributed by atoms with Crippen LogP contribution in [-0.2, 0) is 10.0 Å². The molecule has 2 aliphatic rings. The summed E-state index contributed by atoms with van der Waals surface area (Å²) in [7, 11) is -3.48. The lowest BCUT2D eigenvalue weighted by atomic mass is 9.95. The molecule has 0 heterocycles. The Bertz CT molecular complexity index is 694. The number of rotatable bonds is 7. The van der Waals surface area contributed by atoms with E-state index in [-0.39, 0.29) is 16.8 Å². The lowest BCUT2D eigenvalue weighted by molar-refractivity contribution is 0.0897. The van der Waals surface area contributed by atoms with E-state index in [1.54, 1.807) is 12.1 Å². The molecule has 3 rings (SSSR count). The molecule has 2 fully saturated rings. The third-order valence-electron chi connectivity index (χ3n) is 4.63. The summed E-state index contributed by atoms with van der Waals surface area (Å²) in [5.74, 6) is 0.211. The van der Waals surface area contributed by atoms with Crippen molar-refractivity contribution in [1.82, 2.24) is 10.0 Å². The van der Waals surface area contributed by atoms with Crippen molar-refractivity contribution >= 4 is 15.9 Å². The average molecular weight is 337 g/mol. The average Bonchev–Trinajstić information content (AvgIpc) is 3.39. The van der Waals surface area contributed by atoms with Crippen LogP contribution in [0.5, 0.6) is 0 Å². The first-order valence-corrected chi connectivity index (χ1v) is 9.47. The smallest absolute Gasteiger partial charge is 0.251 e. The lowest BCUT2D eigenvalue weighted by Crippen LogP contribution is -2.53. The summed E-state index contributed by atoms with van der Waals surface area (Å²) in [6, 6.07) is 6.08. The minimum atomic E-state index is -3.48. The standard InChI is InChI=1S/C16H23N3O3S/c1-16(10-17,12-4-5-12)18-15(20)11-2-8-14(9-3-11)23(21,22)19-13-6-7-13/h2-3,8-9,12-13,19H,4-7,10,17H2,1H3,(H,18,20). The van der Waals surface area contributed by atoms with E-state index in [2.05, 4.69) is 10.0 Å². The number of carbonyl (C=O) groups excluding carboxylic acids is 1. The van der Waals surface area contributed by atoms with Crippen LogP contribution in [0.1, 0.15) is 43.0 Å². The number of nitrogens with one attached hydrogen (secondary N) is 2. The largest absolute Gasteiger partial charge is 0.345 e. The summed E-state index contributed by atoms with van der Waals surface area (Å²) >= 11 is 0. The van der Waals surface area contributed by atoms with Gasteiger partial charge in [0.2, 0.25) is 10.0 Å². The van der Waals surface area contributed by atoms with E-state index in [0.29, 0.717) is 18.0 Å². The second-order valence-corrected chi connectivity index (χ2v) is 8.48. The first-order valence-electron chi connectivity index (χ1n) is 7.99. The Balaban J connectivity index is 1.70. The molecule has 1 unspecified atom stereocenters. The van der Waals surface area contributed by atoms with Crippen LogP contribution in [0.3, 0.4) is 0 Å². The Hall–Kier alpha value is -1.44. The molecule has 2 saturated carbocycles. The molecule has 2 aliphatic carbocycles. The molecular weight excluding hydrogens is 314 g/mol. The molecule has 0 bridgehead atoms. The third-order valence-corrected chi connectivity index (χ3v) is 6.16. The van der Waals surface area contributed by atoms with Crippen molar-refractivity contribution < 1.29 is 13.2 Å². The van der Waals surface area contributed by atoms with Gasteiger partial charge in [-0.1, -0.05) is 0 Å². The third kappa shape index (κ3) is 3.73. The van der Waals surface area contributed by atoms with Crippen molar-refractivity contribution in [2.24, 2.45) is 11.7 Å². The Labute approximate surface area is 136 Å². The molecule has 1 aromatic rings. The molecular formula is C16H23N3O3S. The van der Waals surface area contributed by atoms with Gasteiger partial charge in [-0.2, -0.15) is 0 Å². The van der Waals surface area contributed by atoms with Gasteiger partial charge in [-0.25, -0.2) is 13.1 Å². The van der Waals surface area contributed by atoms with Gasteiger partial charge >= 0.3 is 0 Å². The zero-order valence-corrected chi connectivity index (χ0v) is 14.0. The highest BCUT2D eigenvalue weighted by Crippen LogP contribution is 2.39. The molecule has 0 spiro atoms. The van der Waals surface area contributed by atoms with E-state index in [0.717, 1.165) is 25.7 Å². The van der Waals surface area contributed by atoms with Crippen molar-refractivity contribution in [2.75, 3.05) is 6.54 Å². The first-order chi connectivity index (χ1) is 10.8. The van der Waals surface area contributed by atoms with Gasteiger partial charge in [-0.05, 0) is 62.8 Å². The van der Waals surface area contributed by atoms with E-state index in [9.17, 15) is 13.2 Å². The minimum absolute atomic E-state index is 0.0618. The van der Waals surface area contributed by atoms with Crippen molar-refractivity contribution in [3.8, 4) is 0 Å². The molecule has 1 atom stereocenters. The predicted molar refractivity (Wildman–Crippen MR) is 87.4 cm³/mol. The molecule has 0 saturated heterocycles. The molecule has 1 amide bonds. The fourth-order valence-corrected chi connectivity index (χ4v) is 3.95. The zero-order chi connectivity index (χ0) is 16.7. The van der Waals surface area contributed by atoms with Crippen LogP contribution in [0.4, 0.5) is 0 Å². The van der Waals surface area contributed by atoms with Gasteiger partial charge in [0, 0.05) is 18.2 Å². The van der Waals surface area contributed by atoms with Gasteiger partial charge in [0.05, 0.1) is 10.4 Å². The predicted octanol–water partition coefficient (Wildman–Crippen LogP) is 0.985. The summed E-state index contributed by atoms with van der Waals surface area (Å²) in [6.45, 7) is 2.35. The second-order valence-electron chi connectivity index (χ2n) is 6.77. The molecule has 23 heavy (non-hydrogen) atoms. The van der Waals surface area contributed by atoms with Gasteiger partial charge in [-0.15, -0.1) is 0 Å². The Morgan fingerprint density at radius 1 is 1.22 bits per heavy atom. The SMILES string of the molecule is CC(CN)(NC(=O)c1ccc(S(=O)(=O)NC2CC2)cc1)C1CC1. The molecule has 0 radical (unpaired) electrons. The second kappa shape index (κ2) is 5.89. The number of carbonyl (C=O) groups is 1. The quantitative estimate of drug-likeness (QED) is 0.690. The summed E-state index contributed by atoms with van der Waals surface area (Å²) in [6.07, 6.45) is 3.94. The zero-order valence-electron chi connectivity index (χ0n) is 13.2. The normalized spacial score (nSPS) is 20.8. The summed E-state index contributed by atoms with van der Waals surface area (Å²) in [4.78, 5) is 12.6. The molecule has 6 nitrogen and oxygen atoms in total. The highest BCUT2D eigenvalue weighted by Gasteiger charge is 2.41. The monoisotopic (exact) mass is 337 g/mol. The number of hydrogen-bond acceptors (Lipinski definition) is 4. The van der Waals surface area contributed by atoms with Crippen molar-refractivity contribution in [1.29, 1.82) is 0 Å². The topological polar surface area (TPSA) is 101 Å². The minimum Gasteiger partial charge on any atom is -0.345 e. The Kier molecular flexibility index (Phi) is 4.20. The number of nitrogens with two attached hydrogens (primary N) is 1. The first kappa shape index (κ1) is 16.4. The van der Waals surface area contributed by atoms with Gasteiger partial charge < -0.3 is 11.1 Å². The fourth-order valence-electron chi connectivity index (χ4n) is 2.65. The maximum Gasteiger partial charge on any atom is 0.251 e. The van der Waals surface area contributed by atoms with Crippen LogP contribution >= 0.6 is 0 Å². The van der Waals surface area contributed by atoms with E-state index in [1.165, 1.54) is 12.1 Å². The molecule has 4 N–H and O–H groups in total. The van der Waals surface area contributed by atoms with Gasteiger partial charge in [-0.3, -0.25) is 4.79 Å². The van der Waals surface area contributed by atoms with E-state index in [1.807, 2.05) is 6.92 Å². The molecule has 1 aromatic carbocycles. The number of benzene rings is 1. The molecule has 0 aromatic heterocycles. The van der Waals surface area contributed by atoms with Crippen molar-refractivity contribution in [3.63, 3.8) is 0 Å².